The summed E-state index contributed by atoms with van der Waals surface area (Å²) >= 11 is 4.66. The van der Waals surface area contributed by atoms with Gasteiger partial charge >= 0.3 is 0 Å². The van der Waals surface area contributed by atoms with E-state index in [0.29, 0.717) is 19.3 Å². The van der Waals surface area contributed by atoms with Gasteiger partial charge in [0.05, 0.1) is 6.61 Å². The Morgan fingerprint density at radius 1 is 0.349 bits per heavy atom. The van der Waals surface area contributed by atoms with Crippen LogP contribution in [0, 0.1) is 0 Å². The van der Waals surface area contributed by atoms with E-state index < -0.39 is 34.3 Å². The minimum Gasteiger partial charge on any atom is -0.393 e. The molecule has 368 valence electrons. The summed E-state index contributed by atoms with van der Waals surface area (Å²) in [5.74, 6) is -1.71. The summed E-state index contributed by atoms with van der Waals surface area (Å²) in [5, 5.41) is 22.5. The largest absolute Gasteiger partial charge is 0.393 e. The number of unbranched alkanes of at least 4 members (excludes halogenated alkanes) is 33. The van der Waals surface area contributed by atoms with Gasteiger partial charge in [0.2, 0.25) is 0 Å². The van der Waals surface area contributed by atoms with Crippen molar-refractivity contribution in [3.05, 3.63) is 36.5 Å². The number of rotatable bonds is 50. The Kier molecular flexibility index (Phi) is 44.6. The fourth-order valence-corrected chi connectivity index (χ4v) is 9.08. The minimum absolute atomic E-state index is 0.0128. The zero-order valence-corrected chi connectivity index (χ0v) is 42.8. The average molecular weight is 902 g/mol. The van der Waals surface area contributed by atoms with Crippen LogP contribution >= 0.6 is 12.6 Å². The van der Waals surface area contributed by atoms with Gasteiger partial charge in [-0.1, -0.05) is 211 Å². The lowest BCUT2D eigenvalue weighted by molar-refractivity contribution is -0.157. The molecule has 0 amide bonds. The molecule has 0 rings (SSSR count). The molecule has 0 saturated carbocycles. The second kappa shape index (κ2) is 45.6. The van der Waals surface area contributed by atoms with Crippen molar-refractivity contribution in [1.29, 1.82) is 0 Å². The molecule has 0 heterocycles. The molecule has 0 radical (unpaired) electrons. The molecule has 0 aliphatic rings. The predicted molar refractivity (Wildman–Crippen MR) is 277 cm³/mol. The monoisotopic (exact) mass is 901 g/mol. The lowest BCUT2D eigenvalue weighted by Crippen LogP contribution is -2.66. The summed E-state index contributed by atoms with van der Waals surface area (Å²) in [6, 6.07) is 0. The van der Waals surface area contributed by atoms with Crippen LogP contribution < -0.4 is 0 Å². The van der Waals surface area contributed by atoms with E-state index in [0.717, 1.165) is 116 Å². The third-order valence-corrected chi connectivity index (χ3v) is 14.0. The van der Waals surface area contributed by atoms with Gasteiger partial charge in [0.1, 0.15) is 0 Å². The molecule has 0 aromatic carbocycles. The fraction of sp³-hybridized carbons (Fsp3) is 0.842. The van der Waals surface area contributed by atoms with E-state index >= 15 is 0 Å². The van der Waals surface area contributed by atoms with Crippen LogP contribution in [0.4, 0.5) is 0 Å². The van der Waals surface area contributed by atoms with Crippen LogP contribution in [0.1, 0.15) is 290 Å². The normalized spacial score (nSPS) is 13.2. The Bertz CT molecular complexity index is 1090. The lowest BCUT2D eigenvalue weighted by atomic mass is 9.74. The Morgan fingerprint density at radius 3 is 0.794 bits per heavy atom. The molecule has 1 atom stereocenters. The number of hydrogen-bond acceptors (Lipinski definition) is 6. The number of thiol groups is 1. The predicted octanol–water partition coefficient (Wildman–Crippen LogP) is 17.2. The number of aliphatic hydroxyl groups excluding tert-OH is 1. The number of carbonyl (C=O) groups excluding carboxylic acids is 3. The van der Waals surface area contributed by atoms with Crippen LogP contribution in [0.2, 0.25) is 0 Å². The molecule has 1 unspecified atom stereocenters. The molecule has 0 fully saturated rings. The fourth-order valence-electron chi connectivity index (χ4n) is 8.66. The van der Waals surface area contributed by atoms with Crippen LogP contribution in [0.25, 0.3) is 0 Å². The highest BCUT2D eigenvalue weighted by Gasteiger charge is 2.60. The van der Waals surface area contributed by atoms with Crippen LogP contribution in [0.3, 0.4) is 0 Å². The maximum atomic E-state index is 14.0. The third kappa shape index (κ3) is 32.8. The third-order valence-electron chi connectivity index (χ3n) is 13.1. The van der Waals surface area contributed by atoms with Gasteiger partial charge in [-0.05, 0) is 96.3 Å². The number of allylic oxidation sites excluding steroid dienone is 6. The lowest BCUT2D eigenvalue weighted by Gasteiger charge is -2.39. The van der Waals surface area contributed by atoms with Crippen LogP contribution in [-0.2, 0) is 14.4 Å². The van der Waals surface area contributed by atoms with Gasteiger partial charge in [-0.3, -0.25) is 14.4 Å². The molecular formula is C57H104O5S. The molecule has 0 saturated heterocycles. The SMILES string of the molecule is CCCCCCCC/C=C\CCCCCCCC(=O)C(O)(CO)C(S)(C(=O)CCCCCCC/C=C\CCCCCCCC)C(=O)CCCCCCC/C=C\CCCCCCCC. The van der Waals surface area contributed by atoms with Gasteiger partial charge in [0.15, 0.2) is 27.7 Å². The number of ketones is 3. The molecule has 5 nitrogen and oxygen atoms in total. The minimum atomic E-state index is -2.53. The van der Waals surface area contributed by atoms with E-state index in [1.807, 2.05) is 0 Å². The van der Waals surface area contributed by atoms with Crippen molar-refractivity contribution < 1.29 is 24.6 Å². The van der Waals surface area contributed by atoms with E-state index in [2.05, 4.69) is 69.9 Å². The molecule has 0 aliphatic carbocycles. The maximum Gasteiger partial charge on any atom is 0.174 e. The zero-order valence-electron chi connectivity index (χ0n) is 41.9. The Morgan fingerprint density at radius 2 is 0.556 bits per heavy atom. The Labute approximate surface area is 396 Å². The van der Waals surface area contributed by atoms with Crippen LogP contribution in [-0.4, -0.2) is 44.5 Å². The van der Waals surface area contributed by atoms with Crippen molar-refractivity contribution in [2.75, 3.05) is 6.61 Å². The summed E-state index contributed by atoms with van der Waals surface area (Å²) in [6.45, 7) is 5.77. The molecule has 63 heavy (non-hydrogen) atoms. The van der Waals surface area contributed by atoms with Crippen LogP contribution in [0.5, 0.6) is 0 Å². The summed E-state index contributed by atoms with van der Waals surface area (Å²) < 4.78 is -2.25. The molecule has 0 aromatic heterocycles. The topological polar surface area (TPSA) is 91.7 Å². The smallest absolute Gasteiger partial charge is 0.174 e. The van der Waals surface area contributed by atoms with E-state index in [1.165, 1.54) is 116 Å². The highest BCUT2D eigenvalue weighted by atomic mass is 32.1. The second-order valence-electron chi connectivity index (χ2n) is 19.0. The maximum absolute atomic E-state index is 14.0. The highest BCUT2D eigenvalue weighted by molar-refractivity contribution is 7.84. The van der Waals surface area contributed by atoms with E-state index in [4.69, 9.17) is 0 Å². The van der Waals surface area contributed by atoms with Crippen molar-refractivity contribution in [1.82, 2.24) is 0 Å². The van der Waals surface area contributed by atoms with Gasteiger partial charge in [-0.15, -0.1) is 0 Å². The van der Waals surface area contributed by atoms with Crippen molar-refractivity contribution in [3.63, 3.8) is 0 Å². The first-order valence-electron chi connectivity index (χ1n) is 27.4. The molecule has 0 aromatic rings. The Balaban J connectivity index is 4.98. The zero-order chi connectivity index (χ0) is 46.4. The summed E-state index contributed by atoms with van der Waals surface area (Å²) in [6.07, 6.45) is 58.1. The quantitative estimate of drug-likeness (QED) is 0.0245. The van der Waals surface area contributed by atoms with Crippen molar-refractivity contribution in [2.45, 2.75) is 301 Å². The summed E-state index contributed by atoms with van der Waals surface area (Å²) in [5.41, 5.74) is -2.53. The molecule has 0 bridgehead atoms. The van der Waals surface area contributed by atoms with E-state index in [9.17, 15) is 24.6 Å². The number of aliphatic hydroxyl groups is 2. The van der Waals surface area contributed by atoms with Gasteiger partial charge in [-0.25, -0.2) is 0 Å². The highest BCUT2D eigenvalue weighted by Crippen LogP contribution is 2.37. The number of carbonyl (C=O) groups is 3. The van der Waals surface area contributed by atoms with Gasteiger partial charge in [0, 0.05) is 19.3 Å². The molecule has 6 heteroatoms. The molecule has 0 spiro atoms. The van der Waals surface area contributed by atoms with Gasteiger partial charge < -0.3 is 10.2 Å². The van der Waals surface area contributed by atoms with E-state index in [1.54, 1.807) is 0 Å². The van der Waals surface area contributed by atoms with Crippen LogP contribution in [0.15, 0.2) is 36.5 Å². The summed E-state index contributed by atoms with van der Waals surface area (Å²) in [4.78, 5) is 41.7. The standard InChI is InChI=1S/C57H104O5S/c1-4-7-10-13-16-19-22-25-28-31-34-37-40-43-46-49-53(59)56(62,52-58)57(63,54(60)50-47-44-41-38-35-32-29-26-23-20-17-14-11-8-5-2)55(61)51-48-45-42-39-36-33-30-27-24-21-18-15-12-9-6-3/h25-30,58,62-63H,4-24,31-52H2,1-3H3/b28-25-,29-26-,30-27-. The van der Waals surface area contributed by atoms with Crippen molar-refractivity contribution in [2.24, 2.45) is 0 Å². The van der Waals surface area contributed by atoms with Crippen molar-refractivity contribution >= 4 is 30.0 Å². The average Bonchev–Trinajstić information content (AvgIpc) is 3.29. The first kappa shape index (κ1) is 61.5. The Hall–Kier alpha value is -1.50. The first-order chi connectivity index (χ1) is 30.8. The van der Waals surface area contributed by atoms with E-state index in [-0.39, 0.29) is 19.3 Å². The van der Waals surface area contributed by atoms with Gasteiger partial charge in [-0.2, -0.15) is 12.6 Å². The summed E-state index contributed by atoms with van der Waals surface area (Å²) in [7, 11) is 0. The molecule has 0 aliphatic heterocycles. The second-order valence-corrected chi connectivity index (χ2v) is 19.7. The number of hydrogen-bond donors (Lipinski definition) is 3. The van der Waals surface area contributed by atoms with Crippen molar-refractivity contribution in [3.8, 4) is 0 Å². The molecule has 2 N–H and O–H groups in total. The molecular weight excluding hydrogens is 797 g/mol. The number of Topliss-reactive ketones (excluding diaryl/α,β-unsaturated/α-hetero) is 3. The van der Waals surface area contributed by atoms with Gasteiger partial charge in [0.25, 0.3) is 0 Å². The first-order valence-corrected chi connectivity index (χ1v) is 27.8.